The molecule has 0 unspecified atom stereocenters. The molecule has 1 aromatic carbocycles. The van der Waals surface area contributed by atoms with Gasteiger partial charge in [0.2, 0.25) is 0 Å². The van der Waals surface area contributed by atoms with E-state index in [9.17, 15) is 19.1 Å². The lowest BCUT2D eigenvalue weighted by molar-refractivity contribution is 0.112. The van der Waals surface area contributed by atoms with Crippen molar-refractivity contribution in [3.05, 3.63) is 28.8 Å². The van der Waals surface area contributed by atoms with Crippen molar-refractivity contribution in [3.8, 4) is 0 Å². The molecule has 0 atom stereocenters. The first-order valence-electron chi connectivity index (χ1n) is 5.11. The van der Waals surface area contributed by atoms with Gasteiger partial charge in [-0.25, -0.2) is 0 Å². The molecule has 0 aliphatic rings. The minimum absolute atomic E-state index is 0.0855. The number of hydrogen-bond acceptors (Lipinski definition) is 2. The summed E-state index contributed by atoms with van der Waals surface area (Å²) in [5, 5.41) is -0.107. The molecular weight excluding hydrogens is 227 g/mol. The molecule has 88 valence electrons. The van der Waals surface area contributed by atoms with E-state index in [4.69, 9.17) is 0 Å². The fraction of sp³-hybridized carbons (Fsp3) is 0.364. The summed E-state index contributed by atoms with van der Waals surface area (Å²) >= 11 is 0. The lowest BCUT2D eigenvalue weighted by atomic mass is 10.0. The Morgan fingerprint density at radius 3 is 2.25 bits per heavy atom. The smallest absolute Gasteiger partial charge is 0.321 e. The van der Waals surface area contributed by atoms with E-state index in [1.54, 1.807) is 6.07 Å². The van der Waals surface area contributed by atoms with Crippen LogP contribution in [0.5, 0.6) is 0 Å². The summed E-state index contributed by atoms with van der Waals surface area (Å²) in [6.45, 7) is 3.74. The van der Waals surface area contributed by atoms with Crippen LogP contribution < -0.4 is 5.30 Å². The predicted octanol–water partition coefficient (Wildman–Crippen LogP) is 1.43. The molecule has 5 heteroatoms. The van der Waals surface area contributed by atoms with Gasteiger partial charge in [-0.3, -0.25) is 9.36 Å². The Morgan fingerprint density at radius 2 is 1.88 bits per heavy atom. The van der Waals surface area contributed by atoms with E-state index in [2.05, 4.69) is 0 Å². The summed E-state index contributed by atoms with van der Waals surface area (Å²) in [5.74, 6) is 0. The van der Waals surface area contributed by atoms with E-state index in [1.165, 1.54) is 6.07 Å². The van der Waals surface area contributed by atoms with E-state index < -0.39 is 7.60 Å². The zero-order chi connectivity index (χ0) is 12.3. The molecule has 2 N–H and O–H groups in total. The maximum atomic E-state index is 11.4. The molecule has 0 aliphatic carbocycles. The summed E-state index contributed by atoms with van der Waals surface area (Å²) in [7, 11) is -4.40. The van der Waals surface area contributed by atoms with Crippen LogP contribution in [-0.2, 0) is 17.4 Å². The predicted molar refractivity (Wildman–Crippen MR) is 62.3 cm³/mol. The van der Waals surface area contributed by atoms with Gasteiger partial charge in [0.1, 0.15) is 0 Å². The molecule has 0 amide bonds. The zero-order valence-electron chi connectivity index (χ0n) is 9.30. The third-order valence-corrected chi connectivity index (χ3v) is 3.67. The number of carbonyl (C=O) groups excluding carboxylic acids is 1. The van der Waals surface area contributed by atoms with Crippen molar-refractivity contribution < 1.29 is 19.1 Å². The largest absolute Gasteiger partial charge is 0.357 e. The summed E-state index contributed by atoms with van der Waals surface area (Å²) < 4.78 is 11.4. The Bertz CT molecular complexity index is 448. The van der Waals surface area contributed by atoms with Crippen LogP contribution in [0, 0.1) is 0 Å². The van der Waals surface area contributed by atoms with Crippen molar-refractivity contribution in [2.45, 2.75) is 26.7 Å². The first kappa shape index (κ1) is 13.1. The van der Waals surface area contributed by atoms with Gasteiger partial charge in [0.25, 0.3) is 0 Å². The van der Waals surface area contributed by atoms with Gasteiger partial charge >= 0.3 is 7.60 Å². The Morgan fingerprint density at radius 1 is 1.25 bits per heavy atom. The van der Waals surface area contributed by atoms with Crippen molar-refractivity contribution in [3.63, 3.8) is 0 Å². The minimum Gasteiger partial charge on any atom is -0.321 e. The minimum atomic E-state index is -4.40. The zero-order valence-corrected chi connectivity index (χ0v) is 10.2. The molecule has 0 saturated carbocycles. The molecule has 4 nitrogen and oxygen atoms in total. The molecule has 0 bridgehead atoms. The average molecular weight is 242 g/mol. The molecule has 1 rings (SSSR count). The fourth-order valence-corrected chi connectivity index (χ4v) is 2.98. The van der Waals surface area contributed by atoms with Gasteiger partial charge in [-0.15, -0.1) is 0 Å². The van der Waals surface area contributed by atoms with Crippen LogP contribution >= 0.6 is 7.60 Å². The number of hydrogen-bond donors (Lipinski definition) is 2. The third kappa shape index (κ3) is 2.40. The number of carbonyl (C=O) groups is 1. The highest BCUT2D eigenvalue weighted by Crippen LogP contribution is 2.37. The van der Waals surface area contributed by atoms with Crippen LogP contribution in [0.1, 0.15) is 35.3 Å². The van der Waals surface area contributed by atoms with Crippen LogP contribution in [0.4, 0.5) is 0 Å². The van der Waals surface area contributed by atoms with Gasteiger partial charge in [0.05, 0.1) is 5.30 Å². The van der Waals surface area contributed by atoms with Gasteiger partial charge in [-0.05, 0) is 24.0 Å². The Labute approximate surface area is 94.5 Å². The average Bonchev–Trinajstić information content (AvgIpc) is 2.25. The van der Waals surface area contributed by atoms with E-state index in [0.29, 0.717) is 24.7 Å². The van der Waals surface area contributed by atoms with Crippen molar-refractivity contribution in [1.82, 2.24) is 0 Å². The van der Waals surface area contributed by atoms with Crippen LogP contribution in [0.15, 0.2) is 12.1 Å². The number of rotatable bonds is 4. The normalized spacial score (nSPS) is 11.5. The van der Waals surface area contributed by atoms with Crippen molar-refractivity contribution >= 4 is 19.2 Å². The lowest BCUT2D eigenvalue weighted by Crippen LogP contribution is -2.18. The van der Waals surface area contributed by atoms with E-state index in [-0.39, 0.29) is 10.9 Å². The summed E-state index contributed by atoms with van der Waals surface area (Å²) in [5.41, 5.74) is 1.56. The molecule has 0 aliphatic heterocycles. The second kappa shape index (κ2) is 4.91. The second-order valence-corrected chi connectivity index (χ2v) is 5.05. The monoisotopic (exact) mass is 242 g/mol. The topological polar surface area (TPSA) is 74.6 Å². The lowest BCUT2D eigenvalue weighted by Gasteiger charge is -2.15. The molecule has 0 radical (unpaired) electrons. The number of benzene rings is 1. The van der Waals surface area contributed by atoms with Crippen LogP contribution in [-0.4, -0.2) is 16.1 Å². The van der Waals surface area contributed by atoms with Gasteiger partial charge < -0.3 is 9.79 Å². The van der Waals surface area contributed by atoms with Gasteiger partial charge in [-0.2, -0.15) is 0 Å². The first-order chi connectivity index (χ1) is 7.45. The molecule has 16 heavy (non-hydrogen) atoms. The molecule has 0 saturated heterocycles. The van der Waals surface area contributed by atoms with E-state index in [1.807, 2.05) is 13.8 Å². The quantitative estimate of drug-likeness (QED) is 0.618. The van der Waals surface area contributed by atoms with Gasteiger partial charge in [0, 0.05) is 5.56 Å². The number of aldehydes is 1. The van der Waals surface area contributed by atoms with E-state index in [0.717, 1.165) is 5.56 Å². The standard InChI is InChI=1S/C11H15O4P/c1-3-8-5-6-9(7-12)11(10(8)4-2)16(13,14)15/h5-7H,3-4H2,1-2H3,(H2,13,14,15). The van der Waals surface area contributed by atoms with Gasteiger partial charge in [-0.1, -0.05) is 26.0 Å². The van der Waals surface area contributed by atoms with Gasteiger partial charge in [0.15, 0.2) is 6.29 Å². The molecule has 0 aromatic heterocycles. The van der Waals surface area contributed by atoms with E-state index >= 15 is 0 Å². The molecule has 0 fully saturated rings. The van der Waals surface area contributed by atoms with Crippen molar-refractivity contribution in [2.75, 3.05) is 0 Å². The third-order valence-electron chi connectivity index (χ3n) is 2.56. The Hall–Kier alpha value is -0.960. The molecule has 1 aromatic rings. The highest BCUT2D eigenvalue weighted by Gasteiger charge is 2.26. The summed E-state index contributed by atoms with van der Waals surface area (Å²) in [6, 6.07) is 3.22. The summed E-state index contributed by atoms with van der Waals surface area (Å²) in [4.78, 5) is 29.4. The van der Waals surface area contributed by atoms with Crippen LogP contribution in [0.2, 0.25) is 0 Å². The fourth-order valence-electron chi connectivity index (χ4n) is 1.86. The molecule has 0 heterocycles. The maximum absolute atomic E-state index is 11.4. The maximum Gasteiger partial charge on any atom is 0.357 e. The highest BCUT2D eigenvalue weighted by atomic mass is 31.2. The Kier molecular flexibility index (Phi) is 4.03. The van der Waals surface area contributed by atoms with Crippen LogP contribution in [0.3, 0.4) is 0 Å². The second-order valence-electron chi connectivity index (χ2n) is 3.51. The first-order valence-corrected chi connectivity index (χ1v) is 6.72. The molecule has 0 spiro atoms. The Balaban J connectivity index is 3.62. The highest BCUT2D eigenvalue weighted by molar-refractivity contribution is 7.60. The van der Waals surface area contributed by atoms with Crippen molar-refractivity contribution in [1.29, 1.82) is 0 Å². The van der Waals surface area contributed by atoms with Crippen molar-refractivity contribution in [2.24, 2.45) is 0 Å². The number of aryl methyl sites for hydroxylation is 1. The summed E-state index contributed by atoms with van der Waals surface area (Å²) in [6.07, 6.45) is 1.69. The SMILES string of the molecule is CCc1ccc(C=O)c(P(=O)(O)O)c1CC. The van der Waals surface area contributed by atoms with Crippen LogP contribution in [0.25, 0.3) is 0 Å². The molecular formula is C11H15O4P.